The molecule has 0 aliphatic heterocycles. The fraction of sp³-hybridized carbons (Fsp3) is 0.378. The summed E-state index contributed by atoms with van der Waals surface area (Å²) in [7, 11) is 3.10. The largest absolute Gasteiger partial charge is 0.465 e. The van der Waals surface area contributed by atoms with E-state index in [1.54, 1.807) is 14.2 Å². The Morgan fingerprint density at radius 2 is 0.649 bits per heavy atom. The zero-order valence-electron chi connectivity index (χ0n) is 32.6. The van der Waals surface area contributed by atoms with Gasteiger partial charge in [0.2, 0.25) is 0 Å². The number of ether oxygens (including phenoxy) is 6. The third kappa shape index (κ3) is 15.9. The highest BCUT2D eigenvalue weighted by Gasteiger charge is 2.33. The Morgan fingerprint density at radius 3 is 0.895 bits per heavy atom. The van der Waals surface area contributed by atoms with Gasteiger partial charge in [-0.1, -0.05) is 97.1 Å². The number of hydrogen-bond acceptors (Lipinski definition) is 12. The standard InChI is InChI=1S/C45H52O12/c1-52-19-21-54-41(48)25-37-11-3-33(4-12-37)23-35-7-15-39(16-8-35)27-43(50)56-31-45(29-46,30-47)32-57-44(51)28-40-17-9-36(10-18-40)24-34-5-13-38(14-6-34)26-42(49)55-22-20-53-2/h3-18,46-47H,19-32H2,1-2H3. The van der Waals surface area contributed by atoms with Gasteiger partial charge >= 0.3 is 23.9 Å². The molecule has 0 radical (unpaired) electrons. The fourth-order valence-corrected chi connectivity index (χ4v) is 5.66. The van der Waals surface area contributed by atoms with Gasteiger partial charge in [-0.05, 0) is 57.3 Å². The van der Waals surface area contributed by atoms with Crippen LogP contribution in [0, 0.1) is 5.41 Å². The van der Waals surface area contributed by atoms with E-state index in [9.17, 15) is 29.4 Å². The Balaban J connectivity index is 1.17. The van der Waals surface area contributed by atoms with Gasteiger partial charge in [0.1, 0.15) is 26.4 Å². The molecule has 0 unspecified atom stereocenters. The van der Waals surface area contributed by atoms with Crippen LogP contribution < -0.4 is 0 Å². The molecular weight excluding hydrogens is 732 g/mol. The number of esters is 4. The lowest BCUT2D eigenvalue weighted by atomic mass is 9.92. The summed E-state index contributed by atoms with van der Waals surface area (Å²) in [5.74, 6) is -1.71. The zero-order chi connectivity index (χ0) is 40.9. The first-order valence-corrected chi connectivity index (χ1v) is 18.8. The van der Waals surface area contributed by atoms with Gasteiger partial charge in [-0.25, -0.2) is 0 Å². The van der Waals surface area contributed by atoms with E-state index in [2.05, 4.69) is 0 Å². The Kier molecular flexibility index (Phi) is 18.4. The van der Waals surface area contributed by atoms with Crippen molar-refractivity contribution in [3.8, 4) is 0 Å². The van der Waals surface area contributed by atoms with Crippen LogP contribution in [0.2, 0.25) is 0 Å². The van der Waals surface area contributed by atoms with Gasteiger partial charge in [-0.15, -0.1) is 0 Å². The SMILES string of the molecule is COCCOC(=O)Cc1ccc(Cc2ccc(CC(=O)OCC(CO)(CO)COC(=O)Cc3ccc(Cc4ccc(CC(=O)OCCOC)cc4)cc3)cc2)cc1. The Labute approximate surface area is 333 Å². The number of carbonyl (C=O) groups excluding carboxylic acids is 4. The third-order valence-corrected chi connectivity index (χ3v) is 9.15. The first-order valence-electron chi connectivity index (χ1n) is 18.8. The molecule has 12 nitrogen and oxygen atoms in total. The predicted molar refractivity (Wildman–Crippen MR) is 210 cm³/mol. The molecule has 0 fully saturated rings. The Hall–Kier alpha value is -5.40. The lowest BCUT2D eigenvalue weighted by Crippen LogP contribution is -2.41. The highest BCUT2D eigenvalue weighted by molar-refractivity contribution is 5.74. The van der Waals surface area contributed by atoms with E-state index < -0.39 is 30.6 Å². The van der Waals surface area contributed by atoms with Gasteiger partial charge in [0, 0.05) is 14.2 Å². The molecule has 0 saturated carbocycles. The van der Waals surface area contributed by atoms with E-state index in [1.807, 2.05) is 97.1 Å². The Bertz CT molecular complexity index is 1700. The lowest BCUT2D eigenvalue weighted by Gasteiger charge is -2.28. The minimum atomic E-state index is -1.36. The molecule has 0 aliphatic rings. The molecule has 0 aliphatic carbocycles. The summed E-state index contributed by atoms with van der Waals surface area (Å²) in [5.41, 5.74) is 6.01. The normalized spacial score (nSPS) is 11.2. The minimum absolute atomic E-state index is 0.0182. The van der Waals surface area contributed by atoms with Gasteiger partial charge in [0.15, 0.2) is 0 Å². The van der Waals surface area contributed by atoms with Crippen LogP contribution in [0.4, 0.5) is 0 Å². The van der Waals surface area contributed by atoms with E-state index in [0.717, 1.165) is 44.5 Å². The molecule has 2 N–H and O–H groups in total. The van der Waals surface area contributed by atoms with E-state index in [0.29, 0.717) is 26.1 Å². The molecule has 0 spiro atoms. The van der Waals surface area contributed by atoms with Crippen molar-refractivity contribution in [2.24, 2.45) is 5.41 Å². The maximum absolute atomic E-state index is 12.7. The summed E-state index contributed by atoms with van der Waals surface area (Å²) in [6, 6.07) is 30.5. The molecule has 4 rings (SSSR count). The predicted octanol–water partition coefficient (Wildman–Crippen LogP) is 4.18. The van der Waals surface area contributed by atoms with Crippen molar-refractivity contribution in [1.82, 2.24) is 0 Å². The summed E-state index contributed by atoms with van der Waals surface area (Å²) in [4.78, 5) is 49.3. The molecule has 4 aromatic rings. The molecule has 304 valence electrons. The van der Waals surface area contributed by atoms with Crippen molar-refractivity contribution >= 4 is 23.9 Å². The number of benzene rings is 4. The average molecular weight is 785 g/mol. The molecule has 0 amide bonds. The van der Waals surface area contributed by atoms with Gasteiger partial charge < -0.3 is 38.6 Å². The van der Waals surface area contributed by atoms with Gasteiger partial charge in [-0.2, -0.15) is 0 Å². The maximum atomic E-state index is 12.7. The highest BCUT2D eigenvalue weighted by atomic mass is 16.6. The van der Waals surface area contributed by atoms with Crippen LogP contribution in [-0.2, 0) is 86.1 Å². The molecule has 0 saturated heterocycles. The van der Waals surface area contributed by atoms with Crippen LogP contribution in [-0.4, -0.2) is 101 Å². The van der Waals surface area contributed by atoms with Crippen molar-refractivity contribution in [3.05, 3.63) is 142 Å². The molecule has 12 heteroatoms. The number of hydrogen-bond donors (Lipinski definition) is 2. The average Bonchev–Trinajstić information content (AvgIpc) is 3.21. The molecule has 4 aromatic carbocycles. The summed E-state index contributed by atoms with van der Waals surface area (Å²) in [6.45, 7) is -0.627. The van der Waals surface area contributed by atoms with E-state index >= 15 is 0 Å². The summed E-state index contributed by atoms with van der Waals surface area (Å²) in [6.07, 6.45) is 1.67. The van der Waals surface area contributed by atoms with Crippen LogP contribution in [0.1, 0.15) is 44.5 Å². The van der Waals surface area contributed by atoms with Crippen molar-refractivity contribution in [2.75, 3.05) is 67.1 Å². The second-order valence-corrected chi connectivity index (χ2v) is 13.9. The molecule has 0 aromatic heterocycles. The maximum Gasteiger partial charge on any atom is 0.310 e. The zero-order valence-corrected chi connectivity index (χ0v) is 32.6. The van der Waals surface area contributed by atoms with Crippen molar-refractivity contribution in [2.45, 2.75) is 38.5 Å². The van der Waals surface area contributed by atoms with Crippen molar-refractivity contribution < 1.29 is 57.8 Å². The van der Waals surface area contributed by atoms with Crippen LogP contribution in [0.15, 0.2) is 97.1 Å². The van der Waals surface area contributed by atoms with Crippen molar-refractivity contribution in [3.63, 3.8) is 0 Å². The smallest absolute Gasteiger partial charge is 0.310 e. The fourth-order valence-electron chi connectivity index (χ4n) is 5.66. The number of methoxy groups -OCH3 is 2. The monoisotopic (exact) mass is 784 g/mol. The van der Waals surface area contributed by atoms with E-state index in [-0.39, 0.29) is 64.0 Å². The van der Waals surface area contributed by atoms with Gasteiger partial charge in [0.05, 0.1) is 57.5 Å². The molecule has 0 bridgehead atoms. The van der Waals surface area contributed by atoms with Gasteiger partial charge in [0.25, 0.3) is 0 Å². The number of carbonyl (C=O) groups is 4. The minimum Gasteiger partial charge on any atom is -0.465 e. The third-order valence-electron chi connectivity index (χ3n) is 9.15. The summed E-state index contributed by atoms with van der Waals surface area (Å²) < 4.78 is 30.9. The highest BCUT2D eigenvalue weighted by Crippen LogP contribution is 2.20. The number of rotatable bonds is 24. The second kappa shape index (κ2) is 23.6. The first-order chi connectivity index (χ1) is 27.6. The molecule has 0 atom stereocenters. The lowest BCUT2D eigenvalue weighted by molar-refractivity contribution is -0.158. The first kappa shape index (κ1) is 44.3. The van der Waals surface area contributed by atoms with Crippen LogP contribution in [0.5, 0.6) is 0 Å². The molecule has 0 heterocycles. The number of aliphatic hydroxyl groups is 2. The summed E-state index contributed by atoms with van der Waals surface area (Å²) >= 11 is 0. The Morgan fingerprint density at radius 1 is 0.404 bits per heavy atom. The van der Waals surface area contributed by atoms with E-state index in [1.165, 1.54) is 0 Å². The van der Waals surface area contributed by atoms with Crippen molar-refractivity contribution in [1.29, 1.82) is 0 Å². The molecular formula is C45H52O12. The second-order valence-electron chi connectivity index (χ2n) is 13.9. The van der Waals surface area contributed by atoms with E-state index in [4.69, 9.17) is 28.4 Å². The summed E-state index contributed by atoms with van der Waals surface area (Å²) in [5, 5.41) is 20.2. The van der Waals surface area contributed by atoms with Crippen LogP contribution >= 0.6 is 0 Å². The van der Waals surface area contributed by atoms with Crippen LogP contribution in [0.25, 0.3) is 0 Å². The number of aliphatic hydroxyl groups excluding tert-OH is 2. The van der Waals surface area contributed by atoms with Gasteiger partial charge in [-0.3, -0.25) is 19.2 Å². The quantitative estimate of drug-likeness (QED) is 0.0593. The molecule has 57 heavy (non-hydrogen) atoms. The topological polar surface area (TPSA) is 164 Å². The van der Waals surface area contributed by atoms with Crippen LogP contribution in [0.3, 0.4) is 0 Å².